The summed E-state index contributed by atoms with van der Waals surface area (Å²) in [5.74, 6) is 1.31. The molecule has 1 saturated heterocycles. The number of rotatable bonds is 6. The van der Waals surface area contributed by atoms with Gasteiger partial charge in [-0.3, -0.25) is 4.79 Å². The van der Waals surface area contributed by atoms with Gasteiger partial charge in [-0.1, -0.05) is 17.7 Å². The molecular weight excluding hydrogens is 346 g/mol. The number of ether oxygens (including phenoxy) is 1. The van der Waals surface area contributed by atoms with Crippen molar-refractivity contribution in [2.45, 2.75) is 26.3 Å². The van der Waals surface area contributed by atoms with Crippen LogP contribution in [0.25, 0.3) is 0 Å². The molecule has 1 fully saturated rings. The van der Waals surface area contributed by atoms with Crippen LogP contribution >= 0.6 is 11.3 Å². The molecule has 1 aliphatic heterocycles. The lowest BCUT2D eigenvalue weighted by atomic mass is 9.98. The Balaban J connectivity index is 1.54. The predicted octanol–water partition coefficient (Wildman–Crippen LogP) is 3.44. The largest absolute Gasteiger partial charge is 0.493 e. The Morgan fingerprint density at radius 3 is 2.85 bits per heavy atom. The second-order valence-corrected chi connectivity index (χ2v) is 8.19. The summed E-state index contributed by atoms with van der Waals surface area (Å²) in [6.07, 6.45) is 2.11. The monoisotopic (exact) mass is 373 g/mol. The number of carbonyl (C=O) groups is 1. The number of thiazole rings is 1. The third kappa shape index (κ3) is 5.05. The molecule has 0 radical (unpaired) electrons. The summed E-state index contributed by atoms with van der Waals surface area (Å²) in [6, 6.07) is 8.12. The van der Waals surface area contributed by atoms with Crippen molar-refractivity contribution in [3.8, 4) is 5.75 Å². The third-order valence-corrected chi connectivity index (χ3v) is 5.37. The fourth-order valence-electron chi connectivity index (χ4n) is 3.15. The van der Waals surface area contributed by atoms with Gasteiger partial charge >= 0.3 is 0 Å². The van der Waals surface area contributed by atoms with Crippen LogP contribution in [0.5, 0.6) is 5.75 Å². The van der Waals surface area contributed by atoms with Gasteiger partial charge in [0.2, 0.25) is 0 Å². The maximum absolute atomic E-state index is 12.8. The third-order valence-electron chi connectivity index (χ3n) is 4.54. The van der Waals surface area contributed by atoms with Crippen LogP contribution < -0.4 is 4.74 Å². The second kappa shape index (κ2) is 8.64. The van der Waals surface area contributed by atoms with Gasteiger partial charge in [-0.05, 0) is 46.0 Å². The summed E-state index contributed by atoms with van der Waals surface area (Å²) < 4.78 is 5.93. The van der Waals surface area contributed by atoms with Gasteiger partial charge in [0.1, 0.15) is 16.5 Å². The first kappa shape index (κ1) is 18.9. The van der Waals surface area contributed by atoms with Crippen LogP contribution in [0.3, 0.4) is 0 Å². The molecule has 0 bridgehead atoms. The summed E-state index contributed by atoms with van der Waals surface area (Å²) in [6.45, 7) is 5.03. The smallest absolute Gasteiger partial charge is 0.273 e. The van der Waals surface area contributed by atoms with Crippen LogP contribution in [0.2, 0.25) is 0 Å². The summed E-state index contributed by atoms with van der Waals surface area (Å²) in [4.78, 5) is 21.3. The lowest BCUT2D eigenvalue weighted by molar-refractivity contribution is 0.0628. The second-order valence-electron chi connectivity index (χ2n) is 7.25. The Morgan fingerprint density at radius 1 is 1.35 bits per heavy atom. The lowest BCUT2D eigenvalue weighted by Gasteiger charge is -2.32. The van der Waals surface area contributed by atoms with Crippen molar-refractivity contribution >= 4 is 17.2 Å². The molecule has 0 aliphatic carbocycles. The number of carbonyl (C=O) groups excluding carboxylic acids is 1. The van der Waals surface area contributed by atoms with Crippen molar-refractivity contribution in [3.05, 3.63) is 45.9 Å². The van der Waals surface area contributed by atoms with Crippen LogP contribution in [0, 0.1) is 12.8 Å². The fourth-order valence-corrected chi connectivity index (χ4v) is 4.03. The number of piperidine rings is 1. The molecule has 0 saturated carbocycles. The van der Waals surface area contributed by atoms with Gasteiger partial charge in [0.05, 0.1) is 6.61 Å². The van der Waals surface area contributed by atoms with Crippen molar-refractivity contribution in [2.24, 2.45) is 5.92 Å². The Hall–Kier alpha value is -1.92. The first-order valence-electron chi connectivity index (χ1n) is 9.09. The average molecular weight is 374 g/mol. The molecule has 6 heteroatoms. The Morgan fingerprint density at radius 2 is 2.12 bits per heavy atom. The molecule has 0 spiro atoms. The van der Waals surface area contributed by atoms with E-state index in [-0.39, 0.29) is 5.91 Å². The minimum atomic E-state index is 0.0475. The Bertz CT molecular complexity index is 727. The molecule has 1 aliphatic rings. The standard InChI is InChI=1S/C20H27N3O2S/c1-15-6-8-17(9-7-15)25-13-16-5-4-10-23(11-16)20(24)18-14-26-19(21-18)12-22(2)3/h6-9,14,16H,4-5,10-13H2,1-3H3/t16-/m0/s1. The zero-order valence-electron chi connectivity index (χ0n) is 15.8. The van der Waals surface area contributed by atoms with Crippen molar-refractivity contribution < 1.29 is 9.53 Å². The van der Waals surface area contributed by atoms with Crippen LogP contribution in [0.4, 0.5) is 0 Å². The number of hydrogen-bond donors (Lipinski definition) is 0. The van der Waals surface area contributed by atoms with E-state index in [0.717, 1.165) is 43.2 Å². The van der Waals surface area contributed by atoms with Gasteiger partial charge in [-0.25, -0.2) is 4.98 Å². The van der Waals surface area contributed by atoms with Crippen molar-refractivity contribution in [3.63, 3.8) is 0 Å². The summed E-state index contributed by atoms with van der Waals surface area (Å²) in [7, 11) is 4.01. The number of benzene rings is 1. The minimum Gasteiger partial charge on any atom is -0.493 e. The van der Waals surface area contributed by atoms with Gasteiger partial charge in [0.25, 0.3) is 5.91 Å². The zero-order valence-corrected chi connectivity index (χ0v) is 16.6. The molecule has 1 aromatic carbocycles. The van der Waals surface area contributed by atoms with Crippen LogP contribution in [0.1, 0.15) is 33.9 Å². The predicted molar refractivity (Wildman–Crippen MR) is 105 cm³/mol. The molecule has 0 N–H and O–H groups in total. The van der Waals surface area contributed by atoms with Crippen molar-refractivity contribution in [1.29, 1.82) is 0 Å². The van der Waals surface area contributed by atoms with Gasteiger partial charge in [0.15, 0.2) is 0 Å². The average Bonchev–Trinajstić information content (AvgIpc) is 3.08. The zero-order chi connectivity index (χ0) is 18.5. The van der Waals surface area contributed by atoms with E-state index in [2.05, 4.69) is 28.9 Å². The van der Waals surface area contributed by atoms with Crippen LogP contribution in [0.15, 0.2) is 29.6 Å². The highest BCUT2D eigenvalue weighted by Gasteiger charge is 2.26. The summed E-state index contributed by atoms with van der Waals surface area (Å²) in [5.41, 5.74) is 1.80. The summed E-state index contributed by atoms with van der Waals surface area (Å²) in [5, 5.41) is 2.86. The first-order valence-corrected chi connectivity index (χ1v) is 9.97. The number of aryl methyl sites for hydroxylation is 1. The maximum atomic E-state index is 12.8. The van der Waals surface area contributed by atoms with Crippen LogP contribution in [-0.4, -0.2) is 54.5 Å². The highest BCUT2D eigenvalue weighted by molar-refractivity contribution is 7.09. The van der Waals surface area contributed by atoms with E-state index in [1.807, 2.05) is 36.5 Å². The van der Waals surface area contributed by atoms with E-state index in [0.29, 0.717) is 18.2 Å². The molecule has 0 unspecified atom stereocenters. The van der Waals surface area contributed by atoms with Gasteiger partial charge < -0.3 is 14.5 Å². The van der Waals surface area contributed by atoms with E-state index in [1.54, 1.807) is 11.3 Å². The quantitative estimate of drug-likeness (QED) is 0.778. The van der Waals surface area contributed by atoms with E-state index in [1.165, 1.54) is 5.56 Å². The van der Waals surface area contributed by atoms with E-state index < -0.39 is 0 Å². The molecule has 26 heavy (non-hydrogen) atoms. The number of aromatic nitrogens is 1. The van der Waals surface area contributed by atoms with E-state index in [4.69, 9.17) is 4.74 Å². The molecular formula is C20H27N3O2S. The number of hydrogen-bond acceptors (Lipinski definition) is 5. The molecule has 1 amide bonds. The van der Waals surface area contributed by atoms with Gasteiger partial charge in [0, 0.05) is 30.9 Å². The van der Waals surface area contributed by atoms with E-state index >= 15 is 0 Å². The molecule has 2 heterocycles. The van der Waals surface area contributed by atoms with Gasteiger partial charge in [-0.2, -0.15) is 0 Å². The molecule has 1 aromatic heterocycles. The maximum Gasteiger partial charge on any atom is 0.273 e. The van der Waals surface area contributed by atoms with Crippen molar-refractivity contribution in [1.82, 2.24) is 14.8 Å². The van der Waals surface area contributed by atoms with E-state index in [9.17, 15) is 4.79 Å². The molecule has 140 valence electrons. The normalized spacial score (nSPS) is 17.5. The highest BCUT2D eigenvalue weighted by Crippen LogP contribution is 2.21. The SMILES string of the molecule is Cc1ccc(OC[C@H]2CCCN(C(=O)c3csc(CN(C)C)n3)C2)cc1. The van der Waals surface area contributed by atoms with Crippen molar-refractivity contribution in [2.75, 3.05) is 33.8 Å². The number of nitrogens with zero attached hydrogens (tertiary/aromatic N) is 3. The Labute approximate surface area is 159 Å². The molecule has 5 nitrogen and oxygen atoms in total. The molecule has 1 atom stereocenters. The summed E-state index contributed by atoms with van der Waals surface area (Å²) >= 11 is 1.55. The van der Waals surface area contributed by atoms with Gasteiger partial charge in [-0.15, -0.1) is 11.3 Å². The fraction of sp³-hybridized carbons (Fsp3) is 0.500. The van der Waals surface area contributed by atoms with Crippen LogP contribution in [-0.2, 0) is 6.54 Å². The molecule has 2 aromatic rings. The number of likely N-dealkylation sites (tertiary alicyclic amines) is 1. The topological polar surface area (TPSA) is 45.7 Å². The lowest BCUT2D eigenvalue weighted by Crippen LogP contribution is -2.41. The number of amides is 1. The molecule has 3 rings (SSSR count). The Kier molecular flexibility index (Phi) is 6.27. The highest BCUT2D eigenvalue weighted by atomic mass is 32.1. The first-order chi connectivity index (χ1) is 12.5. The minimum absolute atomic E-state index is 0.0475.